The van der Waals surface area contributed by atoms with Crippen molar-refractivity contribution in [1.82, 2.24) is 9.78 Å². The first-order valence-corrected chi connectivity index (χ1v) is 6.80. The summed E-state index contributed by atoms with van der Waals surface area (Å²) in [5, 5.41) is 24.1. The Kier molecular flexibility index (Phi) is 4.94. The molecule has 0 fully saturated rings. The lowest BCUT2D eigenvalue weighted by Gasteiger charge is -2.10. The van der Waals surface area contributed by atoms with Crippen LogP contribution < -0.4 is 15.9 Å². The molecule has 1 aromatic carbocycles. The minimum absolute atomic E-state index is 0.192. The number of benzene rings is 1. The zero-order valence-electron chi connectivity index (χ0n) is 12.9. The summed E-state index contributed by atoms with van der Waals surface area (Å²) >= 11 is 0. The molecule has 0 saturated heterocycles. The number of anilines is 1. The molecule has 4 N–H and O–H groups in total. The monoisotopic (exact) mass is 311 g/mol. The van der Waals surface area contributed by atoms with Gasteiger partial charge in [-0.3, -0.25) is 15.5 Å². The maximum atomic E-state index is 8.85. The van der Waals surface area contributed by atoms with Crippen molar-refractivity contribution in [2.45, 2.75) is 13.5 Å². The summed E-state index contributed by atoms with van der Waals surface area (Å²) in [5.41, 5.74) is 10.3. The van der Waals surface area contributed by atoms with E-state index in [-0.39, 0.29) is 5.71 Å². The third-order valence-electron chi connectivity index (χ3n) is 3.26. The molecule has 0 aliphatic rings. The number of para-hydroxylation sites is 2. The van der Waals surface area contributed by atoms with Gasteiger partial charge in [-0.1, -0.05) is 12.1 Å². The Morgan fingerprint density at radius 3 is 2.87 bits per heavy atom. The zero-order chi connectivity index (χ0) is 16.8. The Labute approximate surface area is 133 Å². The molecular weight excluding hydrogens is 294 g/mol. The van der Waals surface area contributed by atoms with Gasteiger partial charge in [-0.05, 0) is 19.1 Å². The van der Waals surface area contributed by atoms with Gasteiger partial charge in [0.25, 0.3) is 0 Å². The van der Waals surface area contributed by atoms with Gasteiger partial charge in [0, 0.05) is 18.3 Å². The molecule has 0 radical (unpaired) electrons. The molecule has 0 saturated carbocycles. The molecule has 0 unspecified atom stereocenters. The molecule has 23 heavy (non-hydrogen) atoms. The Morgan fingerprint density at radius 1 is 1.52 bits per heavy atom. The minimum atomic E-state index is -0.399. The fourth-order valence-electron chi connectivity index (χ4n) is 1.79. The van der Waals surface area contributed by atoms with Crippen molar-refractivity contribution >= 4 is 17.2 Å². The molecule has 118 valence electrons. The van der Waals surface area contributed by atoms with Gasteiger partial charge in [0.1, 0.15) is 18.4 Å². The van der Waals surface area contributed by atoms with E-state index < -0.39 is 5.84 Å². The number of nitriles is 1. The lowest BCUT2D eigenvalue weighted by atomic mass is 10.2. The summed E-state index contributed by atoms with van der Waals surface area (Å²) in [7, 11) is 1.87. The quantitative estimate of drug-likeness (QED) is 0.424. The van der Waals surface area contributed by atoms with E-state index >= 15 is 0 Å². The molecule has 0 aliphatic carbocycles. The van der Waals surface area contributed by atoms with Crippen molar-refractivity contribution in [3.63, 3.8) is 0 Å². The summed E-state index contributed by atoms with van der Waals surface area (Å²) in [6.07, 6.45) is 1.76. The summed E-state index contributed by atoms with van der Waals surface area (Å²) in [4.78, 5) is 0. The third-order valence-corrected chi connectivity index (χ3v) is 3.26. The lowest BCUT2D eigenvalue weighted by molar-refractivity contribution is 0.306. The van der Waals surface area contributed by atoms with Crippen molar-refractivity contribution < 1.29 is 4.74 Å². The summed E-state index contributed by atoms with van der Waals surface area (Å²) in [6, 6.07) is 8.92. The largest absolute Gasteiger partial charge is 0.487 e. The topological polar surface area (TPSA) is 125 Å². The van der Waals surface area contributed by atoms with Crippen LogP contribution in [0, 0.1) is 23.7 Å². The highest BCUT2D eigenvalue weighted by Gasteiger charge is 2.08. The molecule has 1 aromatic heterocycles. The Balaban J connectivity index is 2.13. The van der Waals surface area contributed by atoms with E-state index in [1.807, 2.05) is 20.0 Å². The number of aryl methyl sites for hydroxylation is 1. The van der Waals surface area contributed by atoms with Crippen LogP contribution in [0.25, 0.3) is 0 Å². The van der Waals surface area contributed by atoms with Crippen LogP contribution in [0.15, 0.2) is 35.6 Å². The molecule has 0 atom stereocenters. The molecule has 8 nitrogen and oxygen atoms in total. The number of ether oxygens (including phenoxy) is 1. The molecule has 0 amide bonds. The lowest BCUT2D eigenvalue weighted by Crippen LogP contribution is -2.21. The summed E-state index contributed by atoms with van der Waals surface area (Å²) < 4.78 is 7.57. The SMILES string of the molecule is Cc1c(COc2ccccc2N/N=C(\C#N)C(=N)N)cnn1C. The second kappa shape index (κ2) is 7.09. The molecule has 0 spiro atoms. The van der Waals surface area contributed by atoms with E-state index in [9.17, 15) is 0 Å². The van der Waals surface area contributed by atoms with Crippen LogP contribution in [0.3, 0.4) is 0 Å². The number of rotatable bonds is 6. The summed E-state index contributed by atoms with van der Waals surface area (Å²) in [6.45, 7) is 2.33. The van der Waals surface area contributed by atoms with Gasteiger partial charge in [0.15, 0.2) is 5.84 Å². The van der Waals surface area contributed by atoms with Crippen LogP contribution >= 0.6 is 0 Å². The molecule has 1 heterocycles. The third kappa shape index (κ3) is 3.85. The van der Waals surface area contributed by atoms with E-state index in [0.29, 0.717) is 18.0 Å². The number of hydrazone groups is 1. The van der Waals surface area contributed by atoms with Gasteiger partial charge in [-0.25, -0.2) is 0 Å². The zero-order valence-corrected chi connectivity index (χ0v) is 12.9. The van der Waals surface area contributed by atoms with Crippen molar-refractivity contribution in [2.75, 3.05) is 5.43 Å². The predicted molar refractivity (Wildman–Crippen MR) is 87.3 cm³/mol. The number of aromatic nitrogens is 2. The van der Waals surface area contributed by atoms with E-state index in [1.165, 1.54) is 0 Å². The summed E-state index contributed by atoms with van der Waals surface area (Å²) in [5.74, 6) is 0.171. The van der Waals surface area contributed by atoms with Crippen LogP contribution in [0.1, 0.15) is 11.3 Å². The van der Waals surface area contributed by atoms with E-state index in [0.717, 1.165) is 11.3 Å². The maximum absolute atomic E-state index is 8.85. The van der Waals surface area contributed by atoms with Gasteiger partial charge in [0.05, 0.1) is 11.9 Å². The molecule has 0 bridgehead atoms. The fourth-order valence-corrected chi connectivity index (χ4v) is 1.79. The van der Waals surface area contributed by atoms with Gasteiger partial charge in [-0.2, -0.15) is 15.5 Å². The molecule has 0 aliphatic heterocycles. The average molecular weight is 311 g/mol. The number of nitrogens with zero attached hydrogens (tertiary/aromatic N) is 4. The number of hydrogen-bond donors (Lipinski definition) is 3. The molecular formula is C15H17N7O. The number of nitrogens with one attached hydrogen (secondary N) is 2. The number of hydrogen-bond acceptors (Lipinski definition) is 6. The van der Waals surface area contributed by atoms with E-state index in [2.05, 4.69) is 15.6 Å². The van der Waals surface area contributed by atoms with Crippen LogP contribution in [-0.2, 0) is 13.7 Å². The first-order valence-electron chi connectivity index (χ1n) is 6.80. The average Bonchev–Trinajstić information content (AvgIpc) is 2.86. The minimum Gasteiger partial charge on any atom is -0.487 e. The van der Waals surface area contributed by atoms with E-state index in [1.54, 1.807) is 35.1 Å². The molecule has 2 rings (SSSR count). The van der Waals surface area contributed by atoms with Gasteiger partial charge in [-0.15, -0.1) is 0 Å². The number of nitrogens with two attached hydrogens (primary N) is 1. The Morgan fingerprint density at radius 2 is 2.26 bits per heavy atom. The molecule has 8 heteroatoms. The van der Waals surface area contributed by atoms with E-state index in [4.69, 9.17) is 21.1 Å². The highest BCUT2D eigenvalue weighted by atomic mass is 16.5. The number of amidine groups is 1. The van der Waals surface area contributed by atoms with Gasteiger partial charge in [0.2, 0.25) is 5.71 Å². The second-order valence-electron chi connectivity index (χ2n) is 4.76. The van der Waals surface area contributed by atoms with Crippen molar-refractivity contribution in [3.05, 3.63) is 41.7 Å². The van der Waals surface area contributed by atoms with Crippen molar-refractivity contribution in [1.29, 1.82) is 10.7 Å². The Hall–Kier alpha value is -3.34. The van der Waals surface area contributed by atoms with Crippen LogP contribution in [-0.4, -0.2) is 21.3 Å². The van der Waals surface area contributed by atoms with Crippen molar-refractivity contribution in [3.8, 4) is 11.8 Å². The van der Waals surface area contributed by atoms with Gasteiger partial charge < -0.3 is 10.5 Å². The second-order valence-corrected chi connectivity index (χ2v) is 4.76. The first-order chi connectivity index (χ1) is 11.0. The normalized spacial score (nSPS) is 10.9. The van der Waals surface area contributed by atoms with Gasteiger partial charge >= 0.3 is 0 Å². The highest BCUT2D eigenvalue weighted by Crippen LogP contribution is 2.25. The first kappa shape index (κ1) is 16.0. The van der Waals surface area contributed by atoms with Crippen LogP contribution in [0.2, 0.25) is 0 Å². The molecule has 2 aromatic rings. The van der Waals surface area contributed by atoms with Crippen molar-refractivity contribution in [2.24, 2.45) is 17.9 Å². The highest BCUT2D eigenvalue weighted by molar-refractivity contribution is 6.45. The van der Waals surface area contributed by atoms with Crippen LogP contribution in [0.4, 0.5) is 5.69 Å². The predicted octanol–water partition coefficient (Wildman–Crippen LogP) is 1.53. The van der Waals surface area contributed by atoms with Crippen LogP contribution in [0.5, 0.6) is 5.75 Å². The standard InChI is InChI=1S/C15H17N7O/c1-10-11(8-19-22(10)2)9-23-14-6-4-3-5-12(14)20-21-13(7-16)15(17)18/h3-6,8,20H,9H2,1-2H3,(H3,17,18)/b21-13+. The smallest absolute Gasteiger partial charge is 0.201 e. The Bertz CT molecular complexity index is 785. The fraction of sp³-hybridized carbons (Fsp3) is 0.200. The maximum Gasteiger partial charge on any atom is 0.201 e.